The van der Waals surface area contributed by atoms with Gasteiger partial charge in [-0.25, -0.2) is 0 Å². The first kappa shape index (κ1) is 20.8. The highest BCUT2D eigenvalue weighted by atomic mass is 35.5. The van der Waals surface area contributed by atoms with Crippen LogP contribution in [0.2, 0.25) is 5.02 Å². The van der Waals surface area contributed by atoms with Crippen molar-refractivity contribution in [2.45, 2.75) is 27.7 Å². The number of halogens is 1. The lowest BCUT2D eigenvalue weighted by atomic mass is 10.2. The number of anilines is 3. The molecule has 6 heteroatoms. The normalized spacial score (nSPS) is 10.4. The van der Waals surface area contributed by atoms with Crippen molar-refractivity contribution in [3.63, 3.8) is 0 Å². The highest BCUT2D eigenvalue weighted by molar-refractivity contribution is 6.31. The van der Waals surface area contributed by atoms with Crippen molar-refractivity contribution in [2.24, 2.45) is 0 Å². The third kappa shape index (κ3) is 5.23. The molecule has 0 radical (unpaired) electrons. The topological polar surface area (TPSA) is 52.6 Å². The number of nitrogens with one attached hydrogen (secondary N) is 1. The lowest BCUT2D eigenvalue weighted by Gasteiger charge is -2.24. The van der Waals surface area contributed by atoms with E-state index in [1.807, 2.05) is 31.2 Å². The monoisotopic (exact) mass is 387 g/mol. The maximum atomic E-state index is 12.5. The zero-order chi connectivity index (χ0) is 20.0. The average Bonchev–Trinajstić information content (AvgIpc) is 2.65. The molecule has 0 saturated carbocycles. The van der Waals surface area contributed by atoms with Crippen molar-refractivity contribution in [3.8, 4) is 0 Å². The van der Waals surface area contributed by atoms with Gasteiger partial charge in [0, 0.05) is 42.1 Å². The first-order chi connectivity index (χ1) is 12.9. The van der Waals surface area contributed by atoms with Crippen LogP contribution in [0.1, 0.15) is 26.3 Å². The zero-order valence-corrected chi connectivity index (χ0v) is 17.0. The molecule has 0 atom stereocenters. The Labute approximate surface area is 165 Å². The molecular formula is C21H26ClN3O2. The Kier molecular flexibility index (Phi) is 7.25. The van der Waals surface area contributed by atoms with E-state index in [1.165, 1.54) is 11.8 Å². The molecule has 0 aromatic heterocycles. The molecule has 144 valence electrons. The molecule has 2 rings (SSSR count). The highest BCUT2D eigenvalue weighted by Gasteiger charge is 2.17. The minimum Gasteiger partial charge on any atom is -0.372 e. The van der Waals surface area contributed by atoms with Crippen LogP contribution in [-0.2, 0) is 9.59 Å². The highest BCUT2D eigenvalue weighted by Crippen LogP contribution is 2.24. The van der Waals surface area contributed by atoms with Gasteiger partial charge in [-0.05, 0) is 62.7 Å². The van der Waals surface area contributed by atoms with Gasteiger partial charge in [0.15, 0.2) is 0 Å². The summed E-state index contributed by atoms with van der Waals surface area (Å²) >= 11 is 6.09. The van der Waals surface area contributed by atoms with Gasteiger partial charge in [-0.15, -0.1) is 0 Å². The van der Waals surface area contributed by atoms with Crippen LogP contribution < -0.4 is 15.1 Å². The largest absolute Gasteiger partial charge is 0.372 e. The number of hydrogen-bond acceptors (Lipinski definition) is 3. The second kappa shape index (κ2) is 9.42. The smallest absolute Gasteiger partial charge is 0.244 e. The van der Waals surface area contributed by atoms with E-state index < -0.39 is 0 Å². The molecule has 0 spiro atoms. The van der Waals surface area contributed by atoms with Crippen molar-refractivity contribution < 1.29 is 9.59 Å². The second-order valence-electron chi connectivity index (χ2n) is 6.25. The first-order valence-electron chi connectivity index (χ1n) is 9.05. The summed E-state index contributed by atoms with van der Waals surface area (Å²) in [5, 5.41) is 3.41. The molecule has 2 amide bonds. The summed E-state index contributed by atoms with van der Waals surface area (Å²) in [4.78, 5) is 28.3. The summed E-state index contributed by atoms with van der Waals surface area (Å²) in [7, 11) is 0. The van der Waals surface area contributed by atoms with Crippen LogP contribution in [0.3, 0.4) is 0 Å². The molecule has 1 N–H and O–H groups in total. The number of rotatable bonds is 7. The number of nitrogens with zero attached hydrogens (tertiary/aromatic N) is 2. The maximum absolute atomic E-state index is 12.5. The van der Waals surface area contributed by atoms with Crippen molar-refractivity contribution in [3.05, 3.63) is 53.1 Å². The Balaban J connectivity index is 2.14. The molecule has 0 fully saturated rings. The van der Waals surface area contributed by atoms with Crippen molar-refractivity contribution in [1.82, 2.24) is 0 Å². The van der Waals surface area contributed by atoms with Gasteiger partial charge in [0.2, 0.25) is 11.8 Å². The summed E-state index contributed by atoms with van der Waals surface area (Å²) in [5.74, 6) is -0.466. The van der Waals surface area contributed by atoms with E-state index in [1.54, 1.807) is 18.2 Å². The molecule has 0 unspecified atom stereocenters. The van der Waals surface area contributed by atoms with E-state index in [0.29, 0.717) is 16.4 Å². The van der Waals surface area contributed by atoms with Crippen molar-refractivity contribution in [2.75, 3.05) is 34.8 Å². The van der Waals surface area contributed by atoms with E-state index in [4.69, 9.17) is 11.6 Å². The first-order valence-corrected chi connectivity index (χ1v) is 9.43. The maximum Gasteiger partial charge on any atom is 0.244 e. The molecule has 0 saturated heterocycles. The Morgan fingerprint density at radius 2 is 1.59 bits per heavy atom. The van der Waals surface area contributed by atoms with E-state index in [0.717, 1.165) is 24.3 Å². The van der Waals surface area contributed by atoms with Gasteiger partial charge < -0.3 is 15.1 Å². The fourth-order valence-electron chi connectivity index (χ4n) is 2.89. The fourth-order valence-corrected chi connectivity index (χ4v) is 3.07. The molecular weight excluding hydrogens is 362 g/mol. The molecule has 5 nitrogen and oxygen atoms in total. The predicted octanol–water partition coefficient (Wildman–Crippen LogP) is 4.49. The van der Waals surface area contributed by atoms with Gasteiger partial charge in [0.05, 0.1) is 0 Å². The van der Waals surface area contributed by atoms with Crippen LogP contribution in [0.4, 0.5) is 17.1 Å². The third-order valence-corrected chi connectivity index (χ3v) is 4.92. The van der Waals surface area contributed by atoms with Crippen LogP contribution >= 0.6 is 11.6 Å². The minimum atomic E-state index is -0.275. The molecule has 0 aliphatic heterocycles. The van der Waals surface area contributed by atoms with Crippen LogP contribution in [0.25, 0.3) is 0 Å². The Bertz CT molecular complexity index is 802. The van der Waals surface area contributed by atoms with Crippen molar-refractivity contribution in [1.29, 1.82) is 0 Å². The van der Waals surface area contributed by atoms with E-state index in [9.17, 15) is 9.59 Å². The molecule has 0 aliphatic rings. The number of benzene rings is 2. The minimum absolute atomic E-state index is 0.0636. The van der Waals surface area contributed by atoms with E-state index >= 15 is 0 Å². The molecule has 0 bridgehead atoms. The predicted molar refractivity (Wildman–Crippen MR) is 113 cm³/mol. The van der Waals surface area contributed by atoms with Crippen LogP contribution in [0, 0.1) is 6.92 Å². The lowest BCUT2D eigenvalue weighted by Crippen LogP contribution is -2.36. The fraction of sp³-hybridized carbons (Fsp3) is 0.333. The number of hydrogen-bond donors (Lipinski definition) is 1. The summed E-state index contributed by atoms with van der Waals surface area (Å²) in [5.41, 5.74) is 3.22. The zero-order valence-electron chi connectivity index (χ0n) is 16.3. The third-order valence-electron chi connectivity index (χ3n) is 4.51. The molecule has 2 aromatic carbocycles. The van der Waals surface area contributed by atoms with Gasteiger partial charge in [-0.3, -0.25) is 9.59 Å². The van der Waals surface area contributed by atoms with E-state index in [-0.39, 0.29) is 18.4 Å². The molecule has 27 heavy (non-hydrogen) atoms. The molecule has 0 aliphatic carbocycles. The van der Waals surface area contributed by atoms with Gasteiger partial charge in [-0.1, -0.05) is 17.7 Å². The van der Waals surface area contributed by atoms with Gasteiger partial charge in [-0.2, -0.15) is 0 Å². The van der Waals surface area contributed by atoms with Crippen molar-refractivity contribution >= 4 is 40.5 Å². The van der Waals surface area contributed by atoms with Crippen LogP contribution in [0.15, 0.2) is 42.5 Å². The SMILES string of the molecule is CCN(CC)c1ccc(N(CC(=O)Nc2cccc(Cl)c2C)C(C)=O)cc1. The Morgan fingerprint density at radius 1 is 1.00 bits per heavy atom. The standard InChI is InChI=1S/C21H26ClN3O2/c1-5-24(6-2)17-10-12-18(13-11-17)25(16(4)26)14-21(27)23-20-9-7-8-19(22)15(20)3/h7-13H,5-6,14H2,1-4H3,(H,23,27). The number of carbonyl (C=O) groups excluding carboxylic acids is 2. The van der Waals surface area contributed by atoms with Crippen LogP contribution in [0.5, 0.6) is 0 Å². The quantitative estimate of drug-likeness (QED) is 0.761. The van der Waals surface area contributed by atoms with Gasteiger partial charge in [0.25, 0.3) is 0 Å². The molecule has 0 heterocycles. The molecule has 2 aromatic rings. The van der Waals surface area contributed by atoms with Gasteiger partial charge in [0.1, 0.15) is 6.54 Å². The number of amides is 2. The summed E-state index contributed by atoms with van der Waals surface area (Å²) in [6, 6.07) is 13.0. The summed E-state index contributed by atoms with van der Waals surface area (Å²) in [6.45, 7) is 9.25. The van der Waals surface area contributed by atoms with Gasteiger partial charge >= 0.3 is 0 Å². The number of carbonyl (C=O) groups is 2. The average molecular weight is 388 g/mol. The summed E-state index contributed by atoms with van der Waals surface area (Å²) < 4.78 is 0. The van der Waals surface area contributed by atoms with E-state index in [2.05, 4.69) is 24.1 Å². The lowest BCUT2D eigenvalue weighted by molar-refractivity contribution is -0.120. The Hall–Kier alpha value is -2.53. The summed E-state index contributed by atoms with van der Waals surface area (Å²) in [6.07, 6.45) is 0. The van der Waals surface area contributed by atoms with Crippen LogP contribution in [-0.4, -0.2) is 31.4 Å². The Morgan fingerprint density at radius 3 is 2.15 bits per heavy atom. The second-order valence-corrected chi connectivity index (χ2v) is 6.66.